The monoisotopic (exact) mass is 359 g/mol. The van der Waals surface area contributed by atoms with Crippen LogP contribution >= 0.6 is 0 Å². The Morgan fingerprint density at radius 1 is 1.11 bits per heavy atom. The minimum atomic E-state index is -0.141. The number of carbonyl (C=O) groups excluding carboxylic acids is 1. The molecule has 27 heavy (non-hydrogen) atoms. The predicted octanol–water partition coefficient (Wildman–Crippen LogP) is 3.10. The minimum Gasteiger partial charge on any atom is -0.496 e. The summed E-state index contributed by atoms with van der Waals surface area (Å²) in [6.45, 7) is 1.32. The highest BCUT2D eigenvalue weighted by Gasteiger charge is 2.30. The number of nitrogens with zero attached hydrogens (tertiary/aromatic N) is 4. The van der Waals surface area contributed by atoms with E-state index in [4.69, 9.17) is 4.74 Å². The number of rotatable bonds is 3. The second kappa shape index (κ2) is 5.98. The van der Waals surface area contributed by atoms with Crippen molar-refractivity contribution in [3.05, 3.63) is 60.3 Å². The summed E-state index contributed by atoms with van der Waals surface area (Å²) in [6, 6.07) is 17.3. The molecule has 0 bridgehead atoms. The van der Waals surface area contributed by atoms with Crippen molar-refractivity contribution in [2.75, 3.05) is 18.6 Å². The van der Waals surface area contributed by atoms with E-state index in [1.165, 1.54) is 0 Å². The van der Waals surface area contributed by atoms with Gasteiger partial charge in [0.1, 0.15) is 11.4 Å². The highest BCUT2D eigenvalue weighted by atomic mass is 16.5. The first kappa shape index (κ1) is 15.6. The van der Waals surface area contributed by atoms with Gasteiger partial charge >= 0.3 is 0 Å². The minimum absolute atomic E-state index is 0.141. The number of hydrogen-bond donors (Lipinski definition) is 1. The molecule has 0 aliphatic carbocycles. The maximum Gasteiger partial charge on any atom is 0.278 e. The van der Waals surface area contributed by atoms with Gasteiger partial charge in [0, 0.05) is 18.7 Å². The Kier molecular flexibility index (Phi) is 3.46. The van der Waals surface area contributed by atoms with Crippen molar-refractivity contribution < 1.29 is 9.53 Å². The molecule has 5 rings (SSSR count). The molecular formula is C20H17N5O2. The first-order valence-corrected chi connectivity index (χ1v) is 8.72. The van der Waals surface area contributed by atoms with Gasteiger partial charge in [-0.25, -0.2) is 4.98 Å². The lowest BCUT2D eigenvalue weighted by molar-refractivity contribution is 0.0984. The fraction of sp³-hybridized carbons (Fsp3) is 0.150. The zero-order chi connectivity index (χ0) is 18.4. The maximum atomic E-state index is 13.1. The summed E-state index contributed by atoms with van der Waals surface area (Å²) >= 11 is 0. The fourth-order valence-electron chi connectivity index (χ4n) is 3.55. The molecule has 1 aliphatic rings. The van der Waals surface area contributed by atoms with Crippen molar-refractivity contribution in [2.45, 2.75) is 6.54 Å². The summed E-state index contributed by atoms with van der Waals surface area (Å²) < 4.78 is 7.46. The van der Waals surface area contributed by atoms with Gasteiger partial charge < -0.3 is 9.30 Å². The molecular weight excluding hydrogens is 342 g/mol. The lowest BCUT2D eigenvalue weighted by Gasteiger charge is -2.12. The van der Waals surface area contributed by atoms with Crippen LogP contribution in [0.4, 0.5) is 5.95 Å². The summed E-state index contributed by atoms with van der Waals surface area (Å²) in [4.78, 5) is 19.4. The maximum absolute atomic E-state index is 13.1. The van der Waals surface area contributed by atoms with Gasteiger partial charge in [0.25, 0.3) is 5.91 Å². The number of nitrogens with one attached hydrogen (secondary N) is 1. The van der Waals surface area contributed by atoms with E-state index in [2.05, 4.69) is 19.7 Å². The molecule has 0 radical (unpaired) electrons. The van der Waals surface area contributed by atoms with Crippen LogP contribution in [0.1, 0.15) is 10.5 Å². The van der Waals surface area contributed by atoms with Crippen molar-refractivity contribution in [2.24, 2.45) is 0 Å². The second-order valence-electron chi connectivity index (χ2n) is 6.38. The van der Waals surface area contributed by atoms with Crippen LogP contribution in [0, 0.1) is 0 Å². The van der Waals surface area contributed by atoms with Crippen LogP contribution < -0.4 is 9.64 Å². The molecule has 1 N–H and O–H groups in total. The van der Waals surface area contributed by atoms with E-state index in [0.29, 0.717) is 29.6 Å². The quantitative estimate of drug-likeness (QED) is 0.610. The van der Waals surface area contributed by atoms with E-state index in [9.17, 15) is 4.79 Å². The summed E-state index contributed by atoms with van der Waals surface area (Å²) in [5.74, 6) is 1.25. The number of methoxy groups -OCH3 is 1. The Balaban J connectivity index is 1.49. The highest BCUT2D eigenvalue weighted by molar-refractivity contribution is 6.05. The van der Waals surface area contributed by atoms with E-state index in [0.717, 1.165) is 23.1 Å². The van der Waals surface area contributed by atoms with E-state index in [-0.39, 0.29) is 5.91 Å². The molecule has 7 nitrogen and oxygen atoms in total. The Hall–Kier alpha value is -3.61. The predicted molar refractivity (Wildman–Crippen MR) is 102 cm³/mol. The molecule has 134 valence electrons. The van der Waals surface area contributed by atoms with Gasteiger partial charge in [-0.15, -0.1) is 0 Å². The lowest BCUT2D eigenvalue weighted by atomic mass is 10.1. The molecule has 0 saturated heterocycles. The number of aromatic nitrogens is 4. The summed E-state index contributed by atoms with van der Waals surface area (Å²) in [5, 5.41) is 7.17. The third-order valence-electron chi connectivity index (χ3n) is 4.86. The zero-order valence-corrected chi connectivity index (χ0v) is 14.7. The SMILES string of the molecule is COc1ccccc1-c1cc(C(=O)N2CCn3c2nc2ccccc23)[nH]n1. The molecule has 2 aromatic carbocycles. The van der Waals surface area contributed by atoms with Crippen molar-refractivity contribution in [1.29, 1.82) is 0 Å². The molecule has 0 unspecified atom stereocenters. The van der Waals surface area contributed by atoms with E-state index >= 15 is 0 Å². The van der Waals surface area contributed by atoms with Gasteiger partial charge in [-0.2, -0.15) is 5.10 Å². The number of anilines is 1. The van der Waals surface area contributed by atoms with Gasteiger partial charge in [-0.1, -0.05) is 24.3 Å². The normalized spacial score (nSPS) is 13.1. The summed E-state index contributed by atoms with van der Waals surface area (Å²) in [6.07, 6.45) is 0. The first-order chi connectivity index (χ1) is 13.3. The number of ether oxygens (including phenoxy) is 1. The van der Waals surface area contributed by atoms with E-state index < -0.39 is 0 Å². The fourth-order valence-corrected chi connectivity index (χ4v) is 3.55. The van der Waals surface area contributed by atoms with Gasteiger partial charge in [-0.3, -0.25) is 14.8 Å². The zero-order valence-electron chi connectivity index (χ0n) is 14.7. The third-order valence-corrected chi connectivity index (χ3v) is 4.86. The van der Waals surface area contributed by atoms with E-state index in [1.54, 1.807) is 18.1 Å². The highest BCUT2D eigenvalue weighted by Crippen LogP contribution is 2.30. The first-order valence-electron chi connectivity index (χ1n) is 8.72. The molecule has 0 atom stereocenters. The molecule has 1 amide bonds. The Morgan fingerprint density at radius 3 is 2.81 bits per heavy atom. The second-order valence-corrected chi connectivity index (χ2v) is 6.38. The van der Waals surface area contributed by atoms with Crippen LogP contribution in [0.2, 0.25) is 0 Å². The van der Waals surface area contributed by atoms with Gasteiger partial charge in [0.2, 0.25) is 5.95 Å². The van der Waals surface area contributed by atoms with Crippen LogP contribution in [-0.4, -0.2) is 39.3 Å². The van der Waals surface area contributed by atoms with Crippen molar-refractivity contribution in [3.8, 4) is 17.0 Å². The van der Waals surface area contributed by atoms with E-state index in [1.807, 2.05) is 48.5 Å². The van der Waals surface area contributed by atoms with Crippen LogP contribution in [0.25, 0.3) is 22.3 Å². The molecule has 0 fully saturated rings. The Labute approximate surface area is 155 Å². The smallest absolute Gasteiger partial charge is 0.278 e. The molecule has 7 heteroatoms. The molecule has 0 spiro atoms. The number of para-hydroxylation sites is 3. The van der Waals surface area contributed by atoms with Crippen molar-refractivity contribution in [1.82, 2.24) is 19.7 Å². The van der Waals surface area contributed by atoms with Crippen LogP contribution in [0.15, 0.2) is 54.6 Å². The number of amides is 1. The topological polar surface area (TPSA) is 76.0 Å². The Bertz CT molecular complexity index is 1160. The van der Waals surface area contributed by atoms with Crippen molar-refractivity contribution in [3.63, 3.8) is 0 Å². The van der Waals surface area contributed by atoms with Gasteiger partial charge in [0.05, 0.1) is 23.8 Å². The molecule has 0 saturated carbocycles. The van der Waals surface area contributed by atoms with Crippen LogP contribution in [0.3, 0.4) is 0 Å². The number of aromatic amines is 1. The standard InChI is InChI=1S/C20H17N5O2/c1-27-18-9-5-2-6-13(18)15-12-16(23-22-15)19(26)25-11-10-24-17-8-4-3-7-14(17)21-20(24)25/h2-9,12H,10-11H2,1H3,(H,22,23). The number of carbonyl (C=O) groups is 1. The molecule has 3 heterocycles. The molecule has 1 aliphatic heterocycles. The van der Waals surface area contributed by atoms with Gasteiger partial charge in [-0.05, 0) is 30.3 Å². The summed E-state index contributed by atoms with van der Waals surface area (Å²) in [5.41, 5.74) is 3.87. The lowest BCUT2D eigenvalue weighted by Crippen LogP contribution is -2.29. The number of H-pyrrole nitrogens is 1. The third kappa shape index (κ3) is 2.39. The largest absolute Gasteiger partial charge is 0.496 e. The van der Waals surface area contributed by atoms with Gasteiger partial charge in [0.15, 0.2) is 0 Å². The number of imidazole rings is 1. The van der Waals surface area contributed by atoms with Crippen LogP contribution in [-0.2, 0) is 6.54 Å². The number of fused-ring (bicyclic) bond motifs is 3. The molecule has 4 aromatic rings. The molecule has 2 aromatic heterocycles. The summed E-state index contributed by atoms with van der Waals surface area (Å²) in [7, 11) is 1.62. The van der Waals surface area contributed by atoms with Crippen LogP contribution in [0.5, 0.6) is 5.75 Å². The van der Waals surface area contributed by atoms with Crippen molar-refractivity contribution >= 4 is 22.9 Å². The number of benzene rings is 2. The average Bonchev–Trinajstić information content (AvgIpc) is 3.42. The number of hydrogen-bond acceptors (Lipinski definition) is 4. The Morgan fingerprint density at radius 2 is 1.93 bits per heavy atom. The average molecular weight is 359 g/mol.